The zero-order valence-corrected chi connectivity index (χ0v) is 10.8. The number of ether oxygens (including phenoxy) is 1. The van der Waals surface area contributed by atoms with E-state index in [-0.39, 0.29) is 0 Å². The number of methoxy groups -OCH3 is 1. The molecule has 88 valence electrons. The number of para-hydroxylation sites is 1. The minimum atomic E-state index is 0.529. The molecule has 16 heavy (non-hydrogen) atoms. The fraction of sp³-hybridized carbons (Fsp3) is 0.600. The van der Waals surface area contributed by atoms with Crippen molar-refractivity contribution in [3.63, 3.8) is 0 Å². The second-order valence-electron chi connectivity index (χ2n) is 5.25. The smallest absolute Gasteiger partial charge is 0.125 e. The molecule has 1 heteroatoms. The van der Waals surface area contributed by atoms with Crippen LogP contribution in [-0.2, 0) is 0 Å². The Morgan fingerprint density at radius 1 is 1.12 bits per heavy atom. The highest BCUT2D eigenvalue weighted by Gasteiger charge is 2.31. The van der Waals surface area contributed by atoms with Gasteiger partial charge in [0.2, 0.25) is 0 Å². The van der Waals surface area contributed by atoms with Gasteiger partial charge in [-0.25, -0.2) is 0 Å². The first-order valence-electron chi connectivity index (χ1n) is 6.32. The van der Waals surface area contributed by atoms with Crippen molar-refractivity contribution in [1.29, 1.82) is 0 Å². The van der Waals surface area contributed by atoms with Crippen LogP contribution in [-0.4, -0.2) is 7.11 Å². The van der Waals surface area contributed by atoms with Gasteiger partial charge in [0.05, 0.1) is 7.11 Å². The van der Waals surface area contributed by atoms with Crippen LogP contribution in [0.3, 0.4) is 0 Å². The molecule has 1 aromatic rings. The van der Waals surface area contributed by atoms with E-state index in [0.29, 0.717) is 11.8 Å². The van der Waals surface area contributed by atoms with Crippen molar-refractivity contribution < 1.29 is 4.74 Å². The summed E-state index contributed by atoms with van der Waals surface area (Å²) in [5, 5.41) is 0. The monoisotopic (exact) mass is 218 g/mol. The first-order chi connectivity index (χ1) is 7.65. The van der Waals surface area contributed by atoms with E-state index in [1.807, 2.05) is 0 Å². The van der Waals surface area contributed by atoms with Gasteiger partial charge in [-0.3, -0.25) is 0 Å². The summed E-state index contributed by atoms with van der Waals surface area (Å²) in [7, 11) is 1.80. The highest BCUT2D eigenvalue weighted by Crippen LogP contribution is 2.46. The molecule has 0 aliphatic heterocycles. The van der Waals surface area contributed by atoms with Gasteiger partial charge >= 0.3 is 0 Å². The third-order valence-corrected chi connectivity index (χ3v) is 3.72. The molecule has 0 spiro atoms. The zero-order valence-electron chi connectivity index (χ0n) is 10.8. The summed E-state index contributed by atoms with van der Waals surface area (Å²) in [6.07, 6.45) is 2.77. The Labute approximate surface area is 98.8 Å². The van der Waals surface area contributed by atoms with E-state index in [9.17, 15) is 0 Å². The Morgan fingerprint density at radius 2 is 1.75 bits per heavy atom. The first-order valence-corrected chi connectivity index (χ1v) is 6.32. The van der Waals surface area contributed by atoms with Gasteiger partial charge < -0.3 is 4.74 Å². The van der Waals surface area contributed by atoms with Gasteiger partial charge in [-0.15, -0.1) is 0 Å². The highest BCUT2D eigenvalue weighted by atomic mass is 16.5. The van der Waals surface area contributed by atoms with E-state index in [4.69, 9.17) is 4.74 Å². The van der Waals surface area contributed by atoms with Gasteiger partial charge in [-0.2, -0.15) is 0 Å². The topological polar surface area (TPSA) is 9.23 Å². The number of hydrogen-bond acceptors (Lipinski definition) is 1. The van der Waals surface area contributed by atoms with E-state index in [1.165, 1.54) is 24.0 Å². The van der Waals surface area contributed by atoms with Crippen molar-refractivity contribution in [2.45, 2.75) is 45.4 Å². The van der Waals surface area contributed by atoms with Crippen LogP contribution < -0.4 is 4.74 Å². The van der Waals surface area contributed by atoms with Gasteiger partial charge in [0.1, 0.15) is 5.75 Å². The minimum Gasteiger partial charge on any atom is -0.496 e. The average molecular weight is 218 g/mol. The third-order valence-electron chi connectivity index (χ3n) is 3.72. The molecule has 1 fully saturated rings. The first kappa shape index (κ1) is 11.5. The second-order valence-corrected chi connectivity index (χ2v) is 5.25. The van der Waals surface area contributed by atoms with Crippen molar-refractivity contribution in [3.05, 3.63) is 29.3 Å². The quantitative estimate of drug-likeness (QED) is 0.730. The van der Waals surface area contributed by atoms with Crippen LogP contribution in [0.1, 0.15) is 56.6 Å². The van der Waals surface area contributed by atoms with E-state index in [1.54, 1.807) is 7.11 Å². The molecule has 0 aromatic heterocycles. The summed E-state index contributed by atoms with van der Waals surface area (Å²) in [6.45, 7) is 6.78. The van der Waals surface area contributed by atoms with Crippen LogP contribution in [0.15, 0.2) is 18.2 Å². The molecule has 0 N–H and O–H groups in total. The number of hydrogen-bond donors (Lipinski definition) is 0. The largest absolute Gasteiger partial charge is 0.496 e. The van der Waals surface area contributed by atoms with Gasteiger partial charge in [0, 0.05) is 0 Å². The Hall–Kier alpha value is -0.980. The number of benzene rings is 1. The standard InChI is InChI=1S/C15H22O/c1-10(2)13-6-5-7-14(15(13)16-4)11(3)12-8-9-12/h5-7,10-12H,8-9H2,1-4H3/t11-/m1/s1. The average Bonchev–Trinajstić information content (AvgIpc) is 3.10. The molecule has 0 radical (unpaired) electrons. The predicted octanol–water partition coefficient (Wildman–Crippen LogP) is 4.33. The van der Waals surface area contributed by atoms with Crippen LogP contribution >= 0.6 is 0 Å². The molecule has 1 saturated carbocycles. The molecule has 1 aliphatic rings. The lowest BCUT2D eigenvalue weighted by Crippen LogP contribution is -2.03. The molecule has 2 rings (SSSR count). The summed E-state index contributed by atoms with van der Waals surface area (Å²) in [5.74, 6) is 3.18. The lowest BCUT2D eigenvalue weighted by atomic mass is 9.90. The summed E-state index contributed by atoms with van der Waals surface area (Å²) in [5.41, 5.74) is 2.74. The maximum atomic E-state index is 5.64. The van der Waals surface area contributed by atoms with Gasteiger partial charge in [0.15, 0.2) is 0 Å². The van der Waals surface area contributed by atoms with Crippen molar-refractivity contribution in [2.24, 2.45) is 5.92 Å². The number of rotatable bonds is 4. The van der Waals surface area contributed by atoms with Crippen LogP contribution in [0.2, 0.25) is 0 Å². The predicted molar refractivity (Wildman–Crippen MR) is 68.2 cm³/mol. The molecule has 0 amide bonds. The summed E-state index contributed by atoms with van der Waals surface area (Å²) < 4.78 is 5.64. The Kier molecular flexibility index (Phi) is 3.22. The molecule has 0 bridgehead atoms. The summed E-state index contributed by atoms with van der Waals surface area (Å²) >= 11 is 0. The fourth-order valence-corrected chi connectivity index (χ4v) is 2.47. The summed E-state index contributed by atoms with van der Waals surface area (Å²) in [6, 6.07) is 6.59. The van der Waals surface area contributed by atoms with E-state index < -0.39 is 0 Å². The van der Waals surface area contributed by atoms with E-state index in [2.05, 4.69) is 39.0 Å². The van der Waals surface area contributed by atoms with Crippen LogP contribution in [0, 0.1) is 5.92 Å². The molecule has 1 atom stereocenters. The molecular weight excluding hydrogens is 196 g/mol. The van der Waals surface area contributed by atoms with Gasteiger partial charge in [0.25, 0.3) is 0 Å². The molecule has 0 heterocycles. The molecule has 0 saturated heterocycles. The van der Waals surface area contributed by atoms with Crippen molar-refractivity contribution in [1.82, 2.24) is 0 Å². The van der Waals surface area contributed by atoms with Crippen LogP contribution in [0.25, 0.3) is 0 Å². The maximum Gasteiger partial charge on any atom is 0.125 e. The van der Waals surface area contributed by atoms with E-state index in [0.717, 1.165) is 11.7 Å². The van der Waals surface area contributed by atoms with Gasteiger partial charge in [-0.05, 0) is 41.7 Å². The molecule has 0 unspecified atom stereocenters. The Morgan fingerprint density at radius 3 is 2.25 bits per heavy atom. The van der Waals surface area contributed by atoms with Gasteiger partial charge in [-0.1, -0.05) is 39.0 Å². The Balaban J connectivity index is 2.39. The van der Waals surface area contributed by atoms with E-state index >= 15 is 0 Å². The zero-order chi connectivity index (χ0) is 11.7. The normalized spacial score (nSPS) is 17.6. The lowest BCUT2D eigenvalue weighted by Gasteiger charge is -2.19. The maximum absolute atomic E-state index is 5.64. The molecule has 1 aliphatic carbocycles. The highest BCUT2D eigenvalue weighted by molar-refractivity contribution is 5.45. The van der Waals surface area contributed by atoms with Crippen molar-refractivity contribution in [2.75, 3.05) is 7.11 Å². The molecule has 1 nitrogen and oxygen atoms in total. The SMILES string of the molecule is COc1c(C(C)C)cccc1[C@H](C)C1CC1. The molecule has 1 aromatic carbocycles. The second kappa shape index (κ2) is 4.48. The third kappa shape index (κ3) is 2.09. The molecular formula is C15H22O. The fourth-order valence-electron chi connectivity index (χ4n) is 2.47. The Bertz CT molecular complexity index is 364. The van der Waals surface area contributed by atoms with Crippen LogP contribution in [0.4, 0.5) is 0 Å². The minimum absolute atomic E-state index is 0.529. The van der Waals surface area contributed by atoms with Crippen molar-refractivity contribution in [3.8, 4) is 5.75 Å². The summed E-state index contributed by atoms with van der Waals surface area (Å²) in [4.78, 5) is 0. The lowest BCUT2D eigenvalue weighted by molar-refractivity contribution is 0.397. The van der Waals surface area contributed by atoms with Crippen LogP contribution in [0.5, 0.6) is 5.75 Å². The van der Waals surface area contributed by atoms with Crippen molar-refractivity contribution >= 4 is 0 Å².